The standard InChI is InChI=1S/C17H18BrN3O2S/c1-21(9-10-23-15-4-2-14(18)3-5-15)8-6-16(22)20-17-13(12-19)7-11-24-17/h2-5,7,11H,6,8-10H2,1H3,(H,20,22). The van der Waals surface area contributed by atoms with E-state index in [1.54, 1.807) is 11.4 Å². The SMILES string of the molecule is CN(CCOc1ccc(Br)cc1)CCC(=O)Nc1sccc1C#N. The molecule has 0 aliphatic carbocycles. The normalized spacial score (nSPS) is 10.4. The Morgan fingerprint density at radius 3 is 2.79 bits per heavy atom. The number of nitrogens with zero attached hydrogens (tertiary/aromatic N) is 2. The predicted molar refractivity (Wildman–Crippen MR) is 99.4 cm³/mol. The molecule has 5 nitrogen and oxygen atoms in total. The number of amides is 1. The summed E-state index contributed by atoms with van der Waals surface area (Å²) >= 11 is 4.74. The van der Waals surface area contributed by atoms with Crippen LogP contribution in [0.4, 0.5) is 5.00 Å². The van der Waals surface area contributed by atoms with E-state index >= 15 is 0 Å². The number of anilines is 1. The molecule has 0 radical (unpaired) electrons. The van der Waals surface area contributed by atoms with Gasteiger partial charge in [-0.2, -0.15) is 5.26 Å². The van der Waals surface area contributed by atoms with Gasteiger partial charge in [-0.3, -0.25) is 4.79 Å². The van der Waals surface area contributed by atoms with Crippen LogP contribution in [0.5, 0.6) is 5.75 Å². The molecule has 0 aliphatic rings. The van der Waals surface area contributed by atoms with Crippen molar-refractivity contribution in [1.82, 2.24) is 4.90 Å². The second-order valence-corrected chi connectivity index (χ2v) is 7.01. The number of carbonyl (C=O) groups is 1. The molecule has 0 bridgehead atoms. The van der Waals surface area contributed by atoms with Crippen molar-refractivity contribution in [2.45, 2.75) is 6.42 Å². The Hall–Kier alpha value is -1.88. The number of thiophene rings is 1. The largest absolute Gasteiger partial charge is 0.492 e. The average Bonchev–Trinajstić information content (AvgIpc) is 3.02. The number of hydrogen-bond donors (Lipinski definition) is 1. The van der Waals surface area contributed by atoms with Crippen molar-refractivity contribution in [3.63, 3.8) is 0 Å². The first-order valence-corrected chi connectivity index (χ1v) is 9.10. The minimum atomic E-state index is -0.0883. The van der Waals surface area contributed by atoms with Gasteiger partial charge in [0, 0.05) is 24.0 Å². The molecule has 0 saturated carbocycles. The Kier molecular flexibility index (Phi) is 7.25. The van der Waals surface area contributed by atoms with E-state index in [1.807, 2.05) is 36.2 Å². The Labute approximate surface area is 154 Å². The molecule has 1 aromatic heterocycles. The van der Waals surface area contributed by atoms with E-state index in [0.29, 0.717) is 30.1 Å². The summed E-state index contributed by atoms with van der Waals surface area (Å²) in [6.45, 7) is 1.91. The van der Waals surface area contributed by atoms with E-state index in [9.17, 15) is 4.79 Å². The minimum absolute atomic E-state index is 0.0883. The Morgan fingerprint density at radius 2 is 2.08 bits per heavy atom. The van der Waals surface area contributed by atoms with Gasteiger partial charge >= 0.3 is 0 Å². The number of likely N-dealkylation sites (N-methyl/N-ethyl adjacent to an activating group) is 1. The zero-order valence-corrected chi connectivity index (χ0v) is 15.7. The molecular weight excluding hydrogens is 390 g/mol. The molecule has 0 atom stereocenters. The maximum atomic E-state index is 11.9. The molecule has 0 unspecified atom stereocenters. The van der Waals surface area contributed by atoms with Gasteiger partial charge in [0.2, 0.25) is 5.91 Å². The smallest absolute Gasteiger partial charge is 0.226 e. The van der Waals surface area contributed by atoms with Gasteiger partial charge in [0.1, 0.15) is 23.4 Å². The zero-order valence-electron chi connectivity index (χ0n) is 13.3. The summed E-state index contributed by atoms with van der Waals surface area (Å²) in [4.78, 5) is 14.0. The first-order valence-electron chi connectivity index (χ1n) is 7.43. The number of carbonyl (C=O) groups excluding carboxylic acids is 1. The van der Waals surface area contributed by atoms with Crippen LogP contribution in [0.2, 0.25) is 0 Å². The van der Waals surface area contributed by atoms with E-state index in [1.165, 1.54) is 11.3 Å². The van der Waals surface area contributed by atoms with Gasteiger partial charge in [-0.25, -0.2) is 0 Å². The van der Waals surface area contributed by atoms with Gasteiger partial charge in [0.25, 0.3) is 0 Å². The molecule has 126 valence electrons. The van der Waals surface area contributed by atoms with Crippen molar-refractivity contribution in [2.24, 2.45) is 0 Å². The van der Waals surface area contributed by atoms with Crippen molar-refractivity contribution < 1.29 is 9.53 Å². The van der Waals surface area contributed by atoms with Gasteiger partial charge in [0.05, 0.1) is 5.56 Å². The summed E-state index contributed by atoms with van der Waals surface area (Å²) in [5.74, 6) is 0.737. The molecule has 2 aromatic rings. The highest BCUT2D eigenvalue weighted by Gasteiger charge is 2.09. The first-order chi connectivity index (χ1) is 11.6. The number of halogens is 1. The molecule has 0 spiro atoms. The highest BCUT2D eigenvalue weighted by Crippen LogP contribution is 2.22. The average molecular weight is 408 g/mol. The molecule has 2 rings (SSSR count). The van der Waals surface area contributed by atoms with Crippen LogP contribution in [-0.4, -0.2) is 37.6 Å². The lowest BCUT2D eigenvalue weighted by atomic mass is 10.3. The highest BCUT2D eigenvalue weighted by atomic mass is 79.9. The molecule has 1 N–H and O–H groups in total. The summed E-state index contributed by atoms with van der Waals surface area (Å²) in [6, 6.07) is 11.4. The Morgan fingerprint density at radius 1 is 1.33 bits per heavy atom. The van der Waals surface area contributed by atoms with Gasteiger partial charge in [-0.1, -0.05) is 15.9 Å². The summed E-state index contributed by atoms with van der Waals surface area (Å²) in [6.07, 6.45) is 0.373. The van der Waals surface area contributed by atoms with E-state index in [4.69, 9.17) is 10.00 Å². The van der Waals surface area contributed by atoms with Crippen LogP contribution in [0.1, 0.15) is 12.0 Å². The van der Waals surface area contributed by atoms with Crippen LogP contribution in [0, 0.1) is 11.3 Å². The fourth-order valence-corrected chi connectivity index (χ4v) is 2.96. The van der Waals surface area contributed by atoms with Crippen LogP contribution in [0.3, 0.4) is 0 Å². The van der Waals surface area contributed by atoms with Crippen molar-refractivity contribution in [2.75, 3.05) is 32.1 Å². The van der Waals surface area contributed by atoms with Crippen LogP contribution in [0.25, 0.3) is 0 Å². The molecule has 0 aliphatic heterocycles. The fraction of sp³-hybridized carbons (Fsp3) is 0.294. The maximum Gasteiger partial charge on any atom is 0.226 e. The molecule has 7 heteroatoms. The quantitative estimate of drug-likeness (QED) is 0.723. The second kappa shape index (κ2) is 9.42. The minimum Gasteiger partial charge on any atom is -0.492 e. The number of hydrogen-bond acceptors (Lipinski definition) is 5. The zero-order chi connectivity index (χ0) is 17.4. The third kappa shape index (κ3) is 5.96. The molecule has 0 saturated heterocycles. The lowest BCUT2D eigenvalue weighted by Gasteiger charge is -2.16. The van der Waals surface area contributed by atoms with Crippen molar-refractivity contribution in [1.29, 1.82) is 5.26 Å². The monoisotopic (exact) mass is 407 g/mol. The van der Waals surface area contributed by atoms with E-state index in [-0.39, 0.29) is 5.91 Å². The number of nitriles is 1. The predicted octanol–water partition coefficient (Wildman–Crippen LogP) is 3.72. The summed E-state index contributed by atoms with van der Waals surface area (Å²) < 4.78 is 6.67. The van der Waals surface area contributed by atoms with Gasteiger partial charge in [-0.15, -0.1) is 11.3 Å². The summed E-state index contributed by atoms with van der Waals surface area (Å²) in [5.41, 5.74) is 0.504. The summed E-state index contributed by atoms with van der Waals surface area (Å²) in [5, 5.41) is 14.1. The number of ether oxygens (including phenoxy) is 1. The van der Waals surface area contributed by atoms with Crippen molar-refractivity contribution >= 4 is 38.2 Å². The van der Waals surface area contributed by atoms with E-state index < -0.39 is 0 Å². The number of benzene rings is 1. The van der Waals surface area contributed by atoms with Crippen molar-refractivity contribution in [3.8, 4) is 11.8 Å². The molecule has 1 amide bonds. The van der Waals surface area contributed by atoms with Crippen LogP contribution < -0.4 is 10.1 Å². The third-order valence-corrected chi connectivity index (χ3v) is 4.67. The molecule has 0 fully saturated rings. The lowest BCUT2D eigenvalue weighted by Crippen LogP contribution is -2.28. The molecule has 1 aromatic carbocycles. The first kappa shape index (κ1) is 18.5. The second-order valence-electron chi connectivity index (χ2n) is 5.18. The van der Waals surface area contributed by atoms with Crippen LogP contribution in [0.15, 0.2) is 40.2 Å². The fourth-order valence-electron chi connectivity index (χ4n) is 1.94. The Balaban J connectivity index is 1.65. The van der Waals surface area contributed by atoms with Crippen molar-refractivity contribution in [3.05, 3.63) is 45.7 Å². The van der Waals surface area contributed by atoms with Gasteiger partial charge in [-0.05, 0) is 42.8 Å². The van der Waals surface area contributed by atoms with Crippen LogP contribution >= 0.6 is 27.3 Å². The Bertz CT molecular complexity index is 709. The lowest BCUT2D eigenvalue weighted by molar-refractivity contribution is -0.116. The molecule has 1 heterocycles. The van der Waals surface area contributed by atoms with Gasteiger partial charge < -0.3 is 15.0 Å². The van der Waals surface area contributed by atoms with E-state index in [2.05, 4.69) is 27.3 Å². The topological polar surface area (TPSA) is 65.4 Å². The maximum absolute atomic E-state index is 11.9. The van der Waals surface area contributed by atoms with E-state index in [0.717, 1.165) is 16.8 Å². The third-order valence-electron chi connectivity index (χ3n) is 3.31. The highest BCUT2D eigenvalue weighted by molar-refractivity contribution is 9.10. The molecular formula is C17H18BrN3O2S. The number of rotatable bonds is 8. The van der Waals surface area contributed by atoms with Crippen LogP contribution in [-0.2, 0) is 4.79 Å². The summed E-state index contributed by atoms with van der Waals surface area (Å²) in [7, 11) is 1.95. The number of nitrogens with one attached hydrogen (secondary N) is 1. The molecule has 24 heavy (non-hydrogen) atoms. The van der Waals surface area contributed by atoms with Gasteiger partial charge in [0.15, 0.2) is 0 Å².